The zero-order valence-electron chi connectivity index (χ0n) is 15.6. The van der Waals surface area contributed by atoms with Crippen molar-refractivity contribution in [3.8, 4) is 0 Å². The molecule has 0 unspecified atom stereocenters. The van der Waals surface area contributed by atoms with Crippen molar-refractivity contribution in [2.75, 3.05) is 5.32 Å². The highest BCUT2D eigenvalue weighted by Gasteiger charge is 2.23. The Hall–Kier alpha value is -3.62. The molecular formula is C19H21N3O6. The Bertz CT molecular complexity index is 860. The summed E-state index contributed by atoms with van der Waals surface area (Å²) in [6.45, 7) is 4.81. The van der Waals surface area contributed by atoms with E-state index in [-0.39, 0.29) is 23.1 Å². The first-order valence-electron chi connectivity index (χ1n) is 8.54. The second-order valence-corrected chi connectivity index (χ2v) is 6.14. The van der Waals surface area contributed by atoms with Crippen molar-refractivity contribution in [1.82, 2.24) is 10.6 Å². The molecule has 2 rings (SSSR count). The molecule has 4 amide bonds. The normalized spacial score (nSPS) is 11.4. The van der Waals surface area contributed by atoms with Gasteiger partial charge in [0.2, 0.25) is 0 Å². The third-order valence-corrected chi connectivity index (χ3v) is 3.45. The largest absolute Gasteiger partial charge is 0.459 e. The number of esters is 1. The summed E-state index contributed by atoms with van der Waals surface area (Å²) in [7, 11) is 0. The van der Waals surface area contributed by atoms with E-state index in [1.165, 1.54) is 31.4 Å². The third-order valence-electron chi connectivity index (χ3n) is 3.45. The Balaban J connectivity index is 2.03. The van der Waals surface area contributed by atoms with E-state index in [0.717, 1.165) is 0 Å². The van der Waals surface area contributed by atoms with Gasteiger partial charge in [-0.1, -0.05) is 12.1 Å². The number of carbonyl (C=O) groups excluding carboxylic acids is 4. The quantitative estimate of drug-likeness (QED) is 0.653. The summed E-state index contributed by atoms with van der Waals surface area (Å²) in [6.07, 6.45) is 0.129. The molecule has 9 heteroatoms. The SMILES string of the molecule is CC(C)NC(=O)NC(=O)[C@@H](C)OC(=O)c1ccccc1NC(=O)c1ccco1. The molecular weight excluding hydrogens is 366 g/mol. The maximum absolute atomic E-state index is 12.4. The molecule has 0 aliphatic carbocycles. The number of imide groups is 1. The van der Waals surface area contributed by atoms with Gasteiger partial charge in [0.1, 0.15) is 0 Å². The van der Waals surface area contributed by atoms with Gasteiger partial charge in [-0.2, -0.15) is 0 Å². The maximum Gasteiger partial charge on any atom is 0.341 e. The molecule has 148 valence electrons. The van der Waals surface area contributed by atoms with Crippen molar-refractivity contribution >= 4 is 29.5 Å². The molecule has 9 nitrogen and oxygen atoms in total. The fourth-order valence-electron chi connectivity index (χ4n) is 2.15. The predicted molar refractivity (Wildman–Crippen MR) is 99.8 cm³/mol. The van der Waals surface area contributed by atoms with Gasteiger partial charge >= 0.3 is 12.0 Å². The molecule has 0 saturated carbocycles. The number of hydrogen-bond acceptors (Lipinski definition) is 6. The number of amides is 4. The molecule has 0 aliphatic heterocycles. The zero-order valence-corrected chi connectivity index (χ0v) is 15.6. The highest BCUT2D eigenvalue weighted by Crippen LogP contribution is 2.18. The molecule has 0 bridgehead atoms. The fourth-order valence-corrected chi connectivity index (χ4v) is 2.15. The van der Waals surface area contributed by atoms with Crippen LogP contribution in [0.1, 0.15) is 41.7 Å². The van der Waals surface area contributed by atoms with Crippen molar-refractivity contribution in [2.24, 2.45) is 0 Å². The van der Waals surface area contributed by atoms with Crippen LogP contribution in [0.3, 0.4) is 0 Å². The molecule has 0 radical (unpaired) electrons. The summed E-state index contributed by atoms with van der Waals surface area (Å²) in [5, 5.41) is 7.13. The summed E-state index contributed by atoms with van der Waals surface area (Å²) in [5.74, 6) is -2.07. The van der Waals surface area contributed by atoms with Crippen LogP contribution >= 0.6 is 0 Å². The van der Waals surface area contributed by atoms with Crippen LogP contribution in [0, 0.1) is 0 Å². The second-order valence-electron chi connectivity index (χ2n) is 6.14. The lowest BCUT2D eigenvalue weighted by Gasteiger charge is -2.15. The number of ether oxygens (including phenoxy) is 1. The Kier molecular flexibility index (Phi) is 6.91. The van der Waals surface area contributed by atoms with Gasteiger partial charge in [-0.15, -0.1) is 0 Å². The number of urea groups is 1. The number of hydrogen-bond donors (Lipinski definition) is 3. The van der Waals surface area contributed by atoms with Crippen LogP contribution in [0.4, 0.5) is 10.5 Å². The Labute approximate surface area is 161 Å². The van der Waals surface area contributed by atoms with E-state index in [2.05, 4.69) is 16.0 Å². The van der Waals surface area contributed by atoms with E-state index < -0.39 is 29.9 Å². The average Bonchev–Trinajstić information content (AvgIpc) is 3.16. The van der Waals surface area contributed by atoms with Crippen molar-refractivity contribution < 1.29 is 28.3 Å². The molecule has 1 aromatic heterocycles. The Morgan fingerprint density at radius 1 is 1.00 bits per heavy atom. The third kappa shape index (κ3) is 5.70. The van der Waals surface area contributed by atoms with Crippen LogP contribution in [0.5, 0.6) is 0 Å². The molecule has 3 N–H and O–H groups in total. The first-order valence-corrected chi connectivity index (χ1v) is 8.54. The van der Waals surface area contributed by atoms with Crippen LogP contribution in [-0.4, -0.2) is 36.0 Å². The van der Waals surface area contributed by atoms with Gasteiger partial charge in [0, 0.05) is 6.04 Å². The molecule has 2 aromatic rings. The molecule has 28 heavy (non-hydrogen) atoms. The first kappa shape index (κ1) is 20.7. The van der Waals surface area contributed by atoms with Crippen molar-refractivity contribution in [2.45, 2.75) is 32.9 Å². The van der Waals surface area contributed by atoms with E-state index >= 15 is 0 Å². The molecule has 0 fully saturated rings. The van der Waals surface area contributed by atoms with E-state index in [1.54, 1.807) is 32.0 Å². The lowest BCUT2D eigenvalue weighted by Crippen LogP contribution is -2.46. The highest BCUT2D eigenvalue weighted by atomic mass is 16.5. The number of nitrogens with one attached hydrogen (secondary N) is 3. The summed E-state index contributed by atoms with van der Waals surface area (Å²) in [4.78, 5) is 48.1. The molecule has 1 heterocycles. The average molecular weight is 387 g/mol. The lowest BCUT2D eigenvalue weighted by atomic mass is 10.1. The van der Waals surface area contributed by atoms with Gasteiger partial charge in [-0.3, -0.25) is 14.9 Å². The van der Waals surface area contributed by atoms with Gasteiger partial charge in [0.05, 0.1) is 17.5 Å². The fraction of sp³-hybridized carbons (Fsp3) is 0.263. The van der Waals surface area contributed by atoms with Crippen LogP contribution in [0.2, 0.25) is 0 Å². The van der Waals surface area contributed by atoms with Crippen molar-refractivity contribution in [3.63, 3.8) is 0 Å². The summed E-state index contributed by atoms with van der Waals surface area (Å²) < 4.78 is 10.1. The zero-order chi connectivity index (χ0) is 20.7. The monoisotopic (exact) mass is 387 g/mol. The standard InChI is InChI=1S/C19H21N3O6/c1-11(2)20-19(26)22-16(23)12(3)28-18(25)13-7-4-5-8-14(13)21-17(24)15-9-6-10-27-15/h4-12H,1-3H3,(H,21,24)(H2,20,22,23,26)/t12-/m1/s1. The van der Waals surface area contributed by atoms with Gasteiger partial charge in [-0.25, -0.2) is 9.59 Å². The predicted octanol–water partition coefficient (Wildman–Crippen LogP) is 2.31. The summed E-state index contributed by atoms with van der Waals surface area (Å²) >= 11 is 0. The van der Waals surface area contributed by atoms with Gasteiger partial charge < -0.3 is 19.8 Å². The maximum atomic E-state index is 12.4. The first-order chi connectivity index (χ1) is 13.3. The van der Waals surface area contributed by atoms with Crippen LogP contribution in [0.15, 0.2) is 47.1 Å². The van der Waals surface area contributed by atoms with Crippen LogP contribution < -0.4 is 16.0 Å². The highest BCUT2D eigenvalue weighted by molar-refractivity contribution is 6.07. The number of rotatable bonds is 6. The topological polar surface area (TPSA) is 127 Å². The minimum Gasteiger partial charge on any atom is -0.459 e. The molecule has 1 atom stereocenters. The van der Waals surface area contributed by atoms with Crippen molar-refractivity contribution in [3.05, 3.63) is 54.0 Å². The van der Waals surface area contributed by atoms with E-state index in [1.807, 2.05) is 0 Å². The number of anilines is 1. The molecule has 1 aromatic carbocycles. The number of carbonyl (C=O) groups is 4. The smallest absolute Gasteiger partial charge is 0.341 e. The molecule has 0 aliphatic rings. The minimum atomic E-state index is -1.22. The van der Waals surface area contributed by atoms with Gasteiger partial charge in [0.25, 0.3) is 11.8 Å². The molecule has 0 spiro atoms. The van der Waals surface area contributed by atoms with Crippen LogP contribution in [0.25, 0.3) is 0 Å². The Morgan fingerprint density at radius 2 is 1.71 bits per heavy atom. The van der Waals surface area contributed by atoms with E-state index in [4.69, 9.17) is 9.15 Å². The number of para-hydroxylation sites is 1. The van der Waals surface area contributed by atoms with Crippen LogP contribution in [-0.2, 0) is 9.53 Å². The van der Waals surface area contributed by atoms with E-state index in [9.17, 15) is 19.2 Å². The summed E-state index contributed by atoms with van der Waals surface area (Å²) in [5.41, 5.74) is 0.243. The van der Waals surface area contributed by atoms with Gasteiger partial charge in [0.15, 0.2) is 11.9 Å². The van der Waals surface area contributed by atoms with Gasteiger partial charge in [-0.05, 0) is 45.0 Å². The lowest BCUT2D eigenvalue weighted by molar-refractivity contribution is -0.127. The second kappa shape index (κ2) is 9.36. The minimum absolute atomic E-state index is 0.0497. The van der Waals surface area contributed by atoms with E-state index in [0.29, 0.717) is 0 Å². The summed E-state index contributed by atoms with van der Waals surface area (Å²) in [6, 6.07) is 8.36. The molecule has 0 saturated heterocycles. The Morgan fingerprint density at radius 3 is 2.36 bits per heavy atom. The number of benzene rings is 1. The number of furan rings is 1. The van der Waals surface area contributed by atoms with Crippen molar-refractivity contribution in [1.29, 1.82) is 0 Å².